The Morgan fingerprint density at radius 3 is 2.18 bits per heavy atom. The van der Waals surface area contributed by atoms with Crippen molar-refractivity contribution in [1.29, 1.82) is 0 Å². The van der Waals surface area contributed by atoms with Crippen molar-refractivity contribution in [1.82, 2.24) is 0 Å². The summed E-state index contributed by atoms with van der Waals surface area (Å²) >= 11 is 0. The third kappa shape index (κ3) is 6.76. The first kappa shape index (κ1) is 44.7. The lowest BCUT2D eigenvalue weighted by molar-refractivity contribution is -0.292. The van der Waals surface area contributed by atoms with E-state index >= 15 is 0 Å². The van der Waals surface area contributed by atoms with Gasteiger partial charge in [0.25, 0.3) is 0 Å². The Balaban J connectivity index is 1.13. The summed E-state index contributed by atoms with van der Waals surface area (Å²) in [6.45, 7) is 11.9. The summed E-state index contributed by atoms with van der Waals surface area (Å²) in [6, 6.07) is 7.04. The number of allylic oxidation sites excluding steroid dienone is 1. The number of aliphatic hydroxyl groups excluding tert-OH is 5. The zero-order valence-electron chi connectivity index (χ0n) is 36.4. The molecule has 332 valence electrons. The van der Waals surface area contributed by atoms with Crippen LogP contribution in [-0.4, -0.2) is 107 Å². The summed E-state index contributed by atoms with van der Waals surface area (Å²) in [6.07, 6.45) is 0.591. The van der Waals surface area contributed by atoms with E-state index in [4.69, 9.17) is 23.7 Å². The van der Waals surface area contributed by atoms with E-state index in [0.29, 0.717) is 57.1 Å². The van der Waals surface area contributed by atoms with Crippen molar-refractivity contribution in [2.24, 2.45) is 50.2 Å². The van der Waals surface area contributed by atoms with Crippen LogP contribution in [0.2, 0.25) is 0 Å². The van der Waals surface area contributed by atoms with Crippen molar-refractivity contribution in [2.75, 3.05) is 20.8 Å². The number of esters is 3. The number of carbonyl (C=O) groups is 3. The molecule has 1 aromatic rings. The van der Waals surface area contributed by atoms with Crippen molar-refractivity contribution in [3.05, 3.63) is 47.6 Å². The van der Waals surface area contributed by atoms with Crippen LogP contribution in [0, 0.1) is 50.2 Å². The molecule has 0 bridgehead atoms. The molecule has 1 heterocycles. The maximum absolute atomic E-state index is 14.8. The molecule has 0 unspecified atom stereocenters. The molecule has 5 aliphatic carbocycles. The van der Waals surface area contributed by atoms with Crippen molar-refractivity contribution in [3.8, 4) is 5.75 Å². The Morgan fingerprint density at radius 2 is 1.53 bits per heavy atom. The molecule has 60 heavy (non-hydrogen) atoms. The van der Waals surface area contributed by atoms with Gasteiger partial charge in [-0.15, -0.1) is 0 Å². The average Bonchev–Trinajstić information content (AvgIpc) is 3.21. The number of hydrogen-bond acceptors (Lipinski definition) is 13. The van der Waals surface area contributed by atoms with Crippen LogP contribution in [-0.2, 0) is 33.3 Å². The van der Waals surface area contributed by atoms with Crippen LogP contribution >= 0.6 is 0 Å². The number of rotatable bonds is 8. The number of hydrogen-bond donors (Lipinski definition) is 5. The quantitative estimate of drug-likeness (QED) is 0.103. The van der Waals surface area contributed by atoms with E-state index in [2.05, 4.69) is 33.8 Å². The summed E-state index contributed by atoms with van der Waals surface area (Å²) in [4.78, 5) is 41.1. The van der Waals surface area contributed by atoms with Gasteiger partial charge in [0, 0.05) is 11.5 Å². The van der Waals surface area contributed by atoms with E-state index in [-0.39, 0.29) is 29.8 Å². The minimum Gasteiger partial charge on any atom is -0.497 e. The Labute approximate surface area is 353 Å². The molecule has 1 saturated heterocycles. The Bertz CT molecular complexity index is 1880. The standard InChI is InChI=1S/C47H66O13/c1-26-37(59-34(50)16-11-27-9-12-28(56-7)13-10-27)35(51)36(52)39(58-26)60-41(55)46-20-19-42(2,3)23-30(46)29-14-15-32-43(4)24-31(49)38(53)45(6,40(54)57-8)33(43)17-18-44(32,5)47(29,25-48)22-21-46/h9-14,16,26,30-33,35-39,48-49,51-53H,15,17-25H2,1-8H3/b16-11+/t26-,30+,31+,32-,33-,35-,36-,37+,38+,39+,43-,44-,45+,46+,47+/m1/s1. The Morgan fingerprint density at radius 1 is 0.850 bits per heavy atom. The van der Waals surface area contributed by atoms with Gasteiger partial charge in [-0.2, -0.15) is 0 Å². The average molecular weight is 839 g/mol. The first-order chi connectivity index (χ1) is 28.2. The van der Waals surface area contributed by atoms with E-state index in [1.165, 1.54) is 13.2 Å². The molecule has 0 aromatic heterocycles. The molecule has 6 aliphatic rings. The number of carbonyl (C=O) groups excluding carboxylic acids is 3. The summed E-state index contributed by atoms with van der Waals surface area (Å²) in [5.41, 5.74) is -2.44. The first-order valence-corrected chi connectivity index (χ1v) is 21.7. The molecule has 0 radical (unpaired) electrons. The van der Waals surface area contributed by atoms with E-state index in [1.807, 2.05) is 0 Å². The predicted octanol–water partition coefficient (Wildman–Crippen LogP) is 4.89. The fraction of sp³-hybridized carbons (Fsp3) is 0.723. The monoisotopic (exact) mass is 838 g/mol. The first-order valence-electron chi connectivity index (χ1n) is 21.7. The molecule has 0 spiro atoms. The molecule has 0 amide bonds. The topological polar surface area (TPSA) is 199 Å². The van der Waals surface area contributed by atoms with Crippen LogP contribution < -0.4 is 4.74 Å². The fourth-order valence-corrected chi connectivity index (χ4v) is 13.6. The molecular weight excluding hydrogens is 773 g/mol. The van der Waals surface area contributed by atoms with E-state index in [9.17, 15) is 39.9 Å². The summed E-state index contributed by atoms with van der Waals surface area (Å²) in [5.74, 6) is -1.78. The van der Waals surface area contributed by atoms with Gasteiger partial charge in [0.2, 0.25) is 6.29 Å². The lowest BCUT2D eigenvalue weighted by Gasteiger charge is -2.71. The van der Waals surface area contributed by atoms with Gasteiger partial charge in [-0.05, 0) is 129 Å². The highest BCUT2D eigenvalue weighted by Gasteiger charge is 2.73. The molecule has 4 saturated carbocycles. The smallest absolute Gasteiger partial charge is 0.331 e. The zero-order chi connectivity index (χ0) is 43.8. The molecule has 5 N–H and O–H groups in total. The lowest BCUT2D eigenvalue weighted by Crippen LogP contribution is -2.70. The minimum absolute atomic E-state index is 0.0597. The van der Waals surface area contributed by atoms with Gasteiger partial charge in [-0.25, -0.2) is 4.79 Å². The molecule has 1 aromatic carbocycles. The van der Waals surface area contributed by atoms with Crippen LogP contribution in [0.25, 0.3) is 6.08 Å². The largest absolute Gasteiger partial charge is 0.497 e. The number of ether oxygens (including phenoxy) is 5. The van der Waals surface area contributed by atoms with Gasteiger partial charge in [0.05, 0.1) is 50.0 Å². The molecule has 1 aliphatic heterocycles. The number of benzene rings is 1. The van der Waals surface area contributed by atoms with Gasteiger partial charge in [0.1, 0.15) is 18.0 Å². The predicted molar refractivity (Wildman–Crippen MR) is 219 cm³/mol. The van der Waals surface area contributed by atoms with Crippen LogP contribution in [0.15, 0.2) is 42.0 Å². The Hall–Kier alpha value is -3.33. The number of aliphatic hydroxyl groups is 5. The zero-order valence-corrected chi connectivity index (χ0v) is 36.4. The van der Waals surface area contributed by atoms with Crippen molar-refractivity contribution >= 4 is 24.0 Å². The van der Waals surface area contributed by atoms with Gasteiger partial charge < -0.3 is 49.2 Å². The maximum atomic E-state index is 14.8. The number of methoxy groups -OCH3 is 2. The molecule has 13 nitrogen and oxygen atoms in total. The fourth-order valence-electron chi connectivity index (χ4n) is 13.6. The van der Waals surface area contributed by atoms with Crippen molar-refractivity contribution in [3.63, 3.8) is 0 Å². The SMILES string of the molecule is COC(=O)[C@@]1(C)[C@@H]2CC[C@]3(C)[C@H](CC=C4[C@@H]5CC(C)(C)CC[C@]5(C(=O)O[C@@H]5O[C@H](C)[C@H](OC(=O)/C=C/c6ccc(OC)cc6)[C@H](O)[C@H]5O)CC[C@]43CO)[C@@]2(C)C[C@H](O)[C@@H]1O. The van der Waals surface area contributed by atoms with Crippen LogP contribution in [0.5, 0.6) is 5.75 Å². The van der Waals surface area contributed by atoms with Gasteiger partial charge in [-0.1, -0.05) is 51.5 Å². The highest BCUT2D eigenvalue weighted by molar-refractivity contribution is 5.87. The van der Waals surface area contributed by atoms with E-state index in [1.54, 1.807) is 51.3 Å². The second-order valence-corrected chi connectivity index (χ2v) is 20.4. The lowest BCUT2D eigenvalue weighted by atomic mass is 9.33. The molecule has 7 rings (SSSR count). The van der Waals surface area contributed by atoms with Crippen molar-refractivity contribution in [2.45, 2.75) is 142 Å². The third-order valence-electron chi connectivity index (χ3n) is 17.0. The molecule has 15 atom stereocenters. The van der Waals surface area contributed by atoms with Crippen LogP contribution in [0.4, 0.5) is 0 Å². The summed E-state index contributed by atoms with van der Waals surface area (Å²) in [7, 11) is 2.87. The highest BCUT2D eigenvalue weighted by Crippen LogP contribution is 2.76. The summed E-state index contributed by atoms with van der Waals surface area (Å²) in [5, 5.41) is 57.0. The van der Waals surface area contributed by atoms with Crippen LogP contribution in [0.3, 0.4) is 0 Å². The third-order valence-corrected chi connectivity index (χ3v) is 17.0. The number of fused-ring (bicyclic) bond motifs is 7. The van der Waals surface area contributed by atoms with E-state index < -0.39 is 87.9 Å². The maximum Gasteiger partial charge on any atom is 0.331 e. The molecule has 5 fully saturated rings. The van der Waals surface area contributed by atoms with E-state index in [0.717, 1.165) is 17.6 Å². The Kier molecular flexibility index (Phi) is 11.8. The van der Waals surface area contributed by atoms with Gasteiger partial charge in [-0.3, -0.25) is 9.59 Å². The normalized spacial score (nSPS) is 44.5. The molecule has 13 heteroatoms. The van der Waals surface area contributed by atoms with Crippen LogP contribution in [0.1, 0.15) is 105 Å². The van der Waals surface area contributed by atoms with Gasteiger partial charge in [0.15, 0.2) is 6.10 Å². The van der Waals surface area contributed by atoms with Gasteiger partial charge >= 0.3 is 17.9 Å². The highest BCUT2D eigenvalue weighted by atomic mass is 16.7. The van der Waals surface area contributed by atoms with Crippen molar-refractivity contribution < 1.29 is 63.6 Å². The molecular formula is C47H66O13. The summed E-state index contributed by atoms with van der Waals surface area (Å²) < 4.78 is 28.1. The second kappa shape index (κ2) is 15.8. The minimum atomic E-state index is -1.70. The second-order valence-electron chi connectivity index (χ2n) is 20.4.